The number of fused-ring (bicyclic) bond motifs is 1. The third kappa shape index (κ3) is 3.15. The van der Waals surface area contributed by atoms with Crippen molar-refractivity contribution in [2.45, 2.75) is 25.8 Å². The first kappa shape index (κ1) is 15.5. The van der Waals surface area contributed by atoms with Crippen LogP contribution in [0.1, 0.15) is 19.8 Å². The molecule has 0 unspecified atom stereocenters. The van der Waals surface area contributed by atoms with Crippen molar-refractivity contribution in [2.24, 2.45) is 5.92 Å². The molecule has 0 spiro atoms. The lowest BCUT2D eigenvalue weighted by molar-refractivity contribution is -0.105. The van der Waals surface area contributed by atoms with Crippen molar-refractivity contribution in [3.63, 3.8) is 0 Å². The molecule has 1 saturated carbocycles. The normalized spacial score (nSPS) is 14.9. The fraction of sp³-hybridized carbons (Fsp3) is 0.263. The highest BCUT2D eigenvalue weighted by molar-refractivity contribution is 5.99. The second kappa shape index (κ2) is 6.47. The number of nitrogens with zero attached hydrogens (tertiary/aromatic N) is 3. The van der Waals surface area contributed by atoms with Crippen LogP contribution in [-0.4, -0.2) is 27.6 Å². The Morgan fingerprint density at radius 2 is 1.92 bits per heavy atom. The molecule has 1 amide bonds. The van der Waals surface area contributed by atoms with Gasteiger partial charge in [0.25, 0.3) is 0 Å². The Bertz CT molecular complexity index is 908. The summed E-state index contributed by atoms with van der Waals surface area (Å²) in [5, 5.41) is 15.6. The quantitative estimate of drug-likeness (QED) is 0.675. The summed E-state index contributed by atoms with van der Waals surface area (Å²) in [6, 6.07) is 10.3. The van der Waals surface area contributed by atoms with Gasteiger partial charge < -0.3 is 10.6 Å². The van der Waals surface area contributed by atoms with Crippen LogP contribution < -0.4 is 10.6 Å². The van der Waals surface area contributed by atoms with Crippen molar-refractivity contribution >= 4 is 28.8 Å². The van der Waals surface area contributed by atoms with E-state index in [0.29, 0.717) is 24.2 Å². The van der Waals surface area contributed by atoms with Crippen LogP contribution in [-0.2, 0) is 4.79 Å². The molecule has 1 atom stereocenters. The molecule has 2 N–H and O–H groups in total. The van der Waals surface area contributed by atoms with Gasteiger partial charge in [-0.1, -0.05) is 6.07 Å². The van der Waals surface area contributed by atoms with Crippen LogP contribution >= 0.6 is 0 Å². The Balaban J connectivity index is 1.78. The number of pyridine rings is 1. The molecule has 1 aromatic carbocycles. The maximum Gasteiger partial charge on any atom is 0.212 e. The predicted molar refractivity (Wildman–Crippen MR) is 98.3 cm³/mol. The van der Waals surface area contributed by atoms with E-state index < -0.39 is 0 Å². The van der Waals surface area contributed by atoms with E-state index in [2.05, 4.69) is 38.8 Å². The first-order valence-electron chi connectivity index (χ1n) is 8.44. The van der Waals surface area contributed by atoms with E-state index in [1.165, 1.54) is 12.8 Å². The molecule has 0 saturated heterocycles. The van der Waals surface area contributed by atoms with Gasteiger partial charge in [0.15, 0.2) is 5.82 Å². The van der Waals surface area contributed by atoms with Crippen molar-refractivity contribution in [3.05, 3.63) is 42.7 Å². The number of hydrogen-bond donors (Lipinski definition) is 2. The zero-order valence-electron chi connectivity index (χ0n) is 13.9. The SMILES string of the molecule is C[C@@H](Nc1c(NC=O)nnc2cc(-c3ccncc3)ccc12)C1CC1. The van der Waals surface area contributed by atoms with Gasteiger partial charge in [0, 0.05) is 23.8 Å². The molecule has 6 heteroatoms. The van der Waals surface area contributed by atoms with Crippen molar-refractivity contribution < 1.29 is 4.79 Å². The van der Waals surface area contributed by atoms with Gasteiger partial charge in [0.1, 0.15) is 0 Å². The smallest absolute Gasteiger partial charge is 0.212 e. The summed E-state index contributed by atoms with van der Waals surface area (Å²) in [7, 11) is 0. The lowest BCUT2D eigenvalue weighted by Gasteiger charge is -2.18. The second-order valence-electron chi connectivity index (χ2n) is 6.42. The molecular formula is C19H19N5O. The van der Waals surface area contributed by atoms with Crippen LogP contribution in [0.15, 0.2) is 42.7 Å². The second-order valence-corrected chi connectivity index (χ2v) is 6.42. The van der Waals surface area contributed by atoms with Gasteiger partial charge in [-0.15, -0.1) is 10.2 Å². The minimum Gasteiger partial charge on any atom is -0.379 e. The summed E-state index contributed by atoms with van der Waals surface area (Å²) in [6.07, 6.45) is 6.66. The van der Waals surface area contributed by atoms with Crippen LogP contribution in [0, 0.1) is 5.92 Å². The average molecular weight is 333 g/mol. The molecular weight excluding hydrogens is 314 g/mol. The molecule has 25 heavy (non-hydrogen) atoms. The van der Waals surface area contributed by atoms with Gasteiger partial charge in [-0.3, -0.25) is 9.78 Å². The molecule has 2 heterocycles. The number of carbonyl (C=O) groups is 1. The predicted octanol–water partition coefficient (Wildman–Crippen LogP) is 3.47. The number of amides is 1. The molecule has 1 aliphatic carbocycles. The molecule has 3 aromatic rings. The van der Waals surface area contributed by atoms with Gasteiger partial charge in [-0.2, -0.15) is 0 Å². The standard InChI is InChI=1S/C19H19N5O/c1-12(13-2-3-13)22-18-16-5-4-15(14-6-8-20-9-7-14)10-17(16)23-24-19(18)21-11-25/h4-13H,2-3H2,1H3,(H,22,23)(H,21,24,25)/t12-/m1/s1. The van der Waals surface area contributed by atoms with E-state index in [9.17, 15) is 4.79 Å². The highest BCUT2D eigenvalue weighted by atomic mass is 16.1. The lowest BCUT2D eigenvalue weighted by atomic mass is 10.0. The Labute approximate surface area is 145 Å². The zero-order chi connectivity index (χ0) is 17.2. The summed E-state index contributed by atoms with van der Waals surface area (Å²) in [5.41, 5.74) is 3.75. The van der Waals surface area contributed by atoms with Crippen molar-refractivity contribution in [1.29, 1.82) is 0 Å². The first-order chi connectivity index (χ1) is 12.3. The van der Waals surface area contributed by atoms with E-state index in [-0.39, 0.29) is 0 Å². The Hall–Kier alpha value is -3.02. The van der Waals surface area contributed by atoms with Crippen molar-refractivity contribution in [1.82, 2.24) is 15.2 Å². The van der Waals surface area contributed by atoms with Crippen LogP contribution in [0.5, 0.6) is 0 Å². The largest absolute Gasteiger partial charge is 0.379 e. The molecule has 6 nitrogen and oxygen atoms in total. The topological polar surface area (TPSA) is 79.8 Å². The fourth-order valence-corrected chi connectivity index (χ4v) is 3.08. The fourth-order valence-electron chi connectivity index (χ4n) is 3.08. The van der Waals surface area contributed by atoms with Crippen LogP contribution in [0.2, 0.25) is 0 Å². The first-order valence-corrected chi connectivity index (χ1v) is 8.44. The van der Waals surface area contributed by atoms with Gasteiger partial charge in [0.2, 0.25) is 6.41 Å². The van der Waals surface area contributed by atoms with E-state index in [1.807, 2.05) is 24.3 Å². The highest BCUT2D eigenvalue weighted by Crippen LogP contribution is 2.37. The molecule has 0 aliphatic heterocycles. The minimum absolute atomic E-state index is 0.333. The Kier molecular flexibility index (Phi) is 4.01. The molecule has 2 aromatic heterocycles. The highest BCUT2D eigenvalue weighted by Gasteiger charge is 2.29. The van der Waals surface area contributed by atoms with Gasteiger partial charge >= 0.3 is 0 Å². The van der Waals surface area contributed by atoms with E-state index in [4.69, 9.17) is 0 Å². The van der Waals surface area contributed by atoms with E-state index in [1.54, 1.807) is 12.4 Å². The molecule has 0 bridgehead atoms. The third-order valence-corrected chi connectivity index (χ3v) is 4.67. The molecule has 1 fully saturated rings. The number of benzene rings is 1. The van der Waals surface area contributed by atoms with Crippen molar-refractivity contribution in [2.75, 3.05) is 10.6 Å². The number of anilines is 2. The van der Waals surface area contributed by atoms with Gasteiger partial charge in [-0.05, 0) is 61.1 Å². The Morgan fingerprint density at radius 1 is 1.12 bits per heavy atom. The minimum atomic E-state index is 0.333. The average Bonchev–Trinajstić information content (AvgIpc) is 3.49. The van der Waals surface area contributed by atoms with E-state index in [0.717, 1.165) is 27.7 Å². The summed E-state index contributed by atoms with van der Waals surface area (Å²) < 4.78 is 0. The summed E-state index contributed by atoms with van der Waals surface area (Å²) in [5.74, 6) is 1.15. The summed E-state index contributed by atoms with van der Waals surface area (Å²) in [4.78, 5) is 15.0. The van der Waals surface area contributed by atoms with Gasteiger partial charge in [-0.25, -0.2) is 0 Å². The van der Waals surface area contributed by atoms with Crippen molar-refractivity contribution in [3.8, 4) is 11.1 Å². The number of rotatable bonds is 6. The number of nitrogens with one attached hydrogen (secondary N) is 2. The van der Waals surface area contributed by atoms with Crippen LogP contribution in [0.3, 0.4) is 0 Å². The summed E-state index contributed by atoms with van der Waals surface area (Å²) >= 11 is 0. The molecule has 1 aliphatic rings. The number of hydrogen-bond acceptors (Lipinski definition) is 5. The number of aromatic nitrogens is 3. The third-order valence-electron chi connectivity index (χ3n) is 4.67. The maximum atomic E-state index is 10.9. The molecule has 0 radical (unpaired) electrons. The zero-order valence-corrected chi connectivity index (χ0v) is 13.9. The Morgan fingerprint density at radius 3 is 2.64 bits per heavy atom. The maximum absolute atomic E-state index is 10.9. The van der Waals surface area contributed by atoms with E-state index >= 15 is 0 Å². The number of carbonyl (C=O) groups excluding carboxylic acids is 1. The van der Waals surface area contributed by atoms with Gasteiger partial charge in [0.05, 0.1) is 11.2 Å². The summed E-state index contributed by atoms with van der Waals surface area (Å²) in [6.45, 7) is 2.17. The lowest BCUT2D eigenvalue weighted by Crippen LogP contribution is -2.19. The van der Waals surface area contributed by atoms with Crippen LogP contribution in [0.25, 0.3) is 22.0 Å². The monoisotopic (exact) mass is 333 g/mol. The molecule has 126 valence electrons. The van der Waals surface area contributed by atoms with Crippen LogP contribution in [0.4, 0.5) is 11.5 Å². The molecule has 4 rings (SSSR count).